The molecule has 0 aliphatic rings. The number of aliphatic carboxylic acids is 1. The Balaban J connectivity index is 2.47. The van der Waals surface area contributed by atoms with Crippen molar-refractivity contribution in [1.82, 2.24) is 15.0 Å². The van der Waals surface area contributed by atoms with Crippen LogP contribution in [0.1, 0.15) is 13.0 Å². The highest BCUT2D eigenvalue weighted by atomic mass is 16.5. The van der Waals surface area contributed by atoms with E-state index in [1.54, 1.807) is 32.2 Å². The summed E-state index contributed by atoms with van der Waals surface area (Å²) >= 11 is 0. The van der Waals surface area contributed by atoms with Crippen molar-refractivity contribution in [2.24, 2.45) is 0 Å². The van der Waals surface area contributed by atoms with Crippen LogP contribution in [0.2, 0.25) is 0 Å². The fourth-order valence-corrected chi connectivity index (χ4v) is 1.84. The molecule has 1 unspecified atom stereocenters. The van der Waals surface area contributed by atoms with E-state index in [1.165, 1.54) is 18.0 Å². The van der Waals surface area contributed by atoms with E-state index >= 15 is 0 Å². The summed E-state index contributed by atoms with van der Waals surface area (Å²) in [7, 11) is 3.09. The summed E-state index contributed by atoms with van der Waals surface area (Å²) in [6.07, 6.45) is 1.51. The first-order chi connectivity index (χ1) is 9.58. The zero-order chi connectivity index (χ0) is 14.7. The lowest BCUT2D eigenvalue weighted by atomic mass is 10.1. The van der Waals surface area contributed by atoms with Crippen molar-refractivity contribution in [2.45, 2.75) is 13.0 Å². The quantitative estimate of drug-likeness (QED) is 0.893. The molecule has 0 saturated carbocycles. The molecule has 0 spiro atoms. The molecule has 2 aromatic rings. The summed E-state index contributed by atoms with van der Waals surface area (Å²) < 4.78 is 11.7. The number of carboxylic acids is 1. The Bertz CT molecular complexity index is 624. The van der Waals surface area contributed by atoms with E-state index in [-0.39, 0.29) is 0 Å². The first-order valence-electron chi connectivity index (χ1n) is 5.94. The Kier molecular flexibility index (Phi) is 3.88. The molecule has 0 aliphatic heterocycles. The third-order valence-electron chi connectivity index (χ3n) is 2.98. The van der Waals surface area contributed by atoms with Crippen LogP contribution in [0.3, 0.4) is 0 Å². The molecule has 0 amide bonds. The van der Waals surface area contributed by atoms with Gasteiger partial charge in [-0.1, -0.05) is 5.21 Å². The average Bonchev–Trinajstić information content (AvgIpc) is 2.94. The fourth-order valence-electron chi connectivity index (χ4n) is 1.84. The molecule has 1 N–H and O–H groups in total. The van der Waals surface area contributed by atoms with Gasteiger partial charge in [-0.25, -0.2) is 9.48 Å². The molecule has 7 nitrogen and oxygen atoms in total. The van der Waals surface area contributed by atoms with Gasteiger partial charge in [-0.15, -0.1) is 5.10 Å². The third-order valence-corrected chi connectivity index (χ3v) is 2.98. The van der Waals surface area contributed by atoms with E-state index in [0.717, 1.165) is 5.56 Å². The second kappa shape index (κ2) is 5.60. The van der Waals surface area contributed by atoms with Crippen LogP contribution in [-0.4, -0.2) is 40.3 Å². The number of ether oxygens (including phenoxy) is 2. The van der Waals surface area contributed by atoms with Gasteiger partial charge in [-0.2, -0.15) is 0 Å². The van der Waals surface area contributed by atoms with Gasteiger partial charge < -0.3 is 14.6 Å². The Morgan fingerprint density at radius 2 is 2.00 bits per heavy atom. The molecule has 1 heterocycles. The number of carboxylic acid groups (broad SMARTS) is 1. The lowest BCUT2D eigenvalue weighted by Crippen LogP contribution is -2.17. The molecule has 1 aromatic carbocycles. The Labute approximate surface area is 115 Å². The number of rotatable bonds is 5. The van der Waals surface area contributed by atoms with Gasteiger partial charge in [0.2, 0.25) is 0 Å². The molecule has 1 aromatic heterocycles. The van der Waals surface area contributed by atoms with Crippen molar-refractivity contribution >= 4 is 5.97 Å². The molecule has 0 saturated heterocycles. The molecule has 0 aliphatic carbocycles. The van der Waals surface area contributed by atoms with Crippen molar-refractivity contribution in [1.29, 1.82) is 0 Å². The summed E-state index contributed by atoms with van der Waals surface area (Å²) in [5.41, 5.74) is 1.35. The smallest absolute Gasteiger partial charge is 0.328 e. The van der Waals surface area contributed by atoms with E-state index in [1.807, 2.05) is 0 Å². The Hall–Kier alpha value is -2.57. The molecule has 0 fully saturated rings. The summed E-state index contributed by atoms with van der Waals surface area (Å²) in [5.74, 6) is 0.180. The second-order valence-electron chi connectivity index (χ2n) is 4.15. The van der Waals surface area contributed by atoms with Crippen LogP contribution in [0.15, 0.2) is 24.4 Å². The fraction of sp³-hybridized carbons (Fsp3) is 0.308. The highest BCUT2D eigenvalue weighted by molar-refractivity contribution is 5.73. The maximum Gasteiger partial charge on any atom is 0.328 e. The van der Waals surface area contributed by atoms with Crippen molar-refractivity contribution in [3.8, 4) is 22.8 Å². The number of methoxy groups -OCH3 is 2. The van der Waals surface area contributed by atoms with E-state index in [0.29, 0.717) is 17.2 Å². The summed E-state index contributed by atoms with van der Waals surface area (Å²) in [4.78, 5) is 11.1. The predicted molar refractivity (Wildman–Crippen MR) is 70.9 cm³/mol. The molecular formula is C13H15N3O4. The number of benzene rings is 1. The molecule has 7 heteroatoms. The minimum Gasteiger partial charge on any atom is -0.493 e. The molecule has 20 heavy (non-hydrogen) atoms. The molecular weight excluding hydrogens is 262 g/mol. The van der Waals surface area contributed by atoms with Crippen LogP contribution in [0, 0.1) is 0 Å². The van der Waals surface area contributed by atoms with Gasteiger partial charge in [0, 0.05) is 5.56 Å². The molecule has 0 radical (unpaired) electrons. The monoisotopic (exact) mass is 277 g/mol. The molecule has 106 valence electrons. The maximum absolute atomic E-state index is 11.1. The lowest BCUT2D eigenvalue weighted by molar-refractivity contribution is -0.140. The van der Waals surface area contributed by atoms with E-state index < -0.39 is 12.0 Å². The SMILES string of the molecule is COc1ccc(-c2cnnn2C(C)C(=O)O)cc1OC. The average molecular weight is 277 g/mol. The lowest BCUT2D eigenvalue weighted by Gasteiger charge is -2.12. The summed E-state index contributed by atoms with van der Waals surface area (Å²) in [6.45, 7) is 1.54. The normalized spacial score (nSPS) is 11.9. The summed E-state index contributed by atoms with van der Waals surface area (Å²) in [6, 6.07) is 4.49. The highest BCUT2D eigenvalue weighted by Crippen LogP contribution is 2.32. The van der Waals surface area contributed by atoms with Gasteiger partial charge in [-0.05, 0) is 25.1 Å². The van der Waals surface area contributed by atoms with Gasteiger partial charge in [0.05, 0.1) is 26.1 Å². The molecule has 1 atom stereocenters. The molecule has 2 rings (SSSR count). The van der Waals surface area contributed by atoms with E-state index in [4.69, 9.17) is 14.6 Å². The van der Waals surface area contributed by atoms with E-state index in [2.05, 4.69) is 10.3 Å². The minimum absolute atomic E-state index is 0.556. The van der Waals surface area contributed by atoms with Crippen molar-refractivity contribution < 1.29 is 19.4 Å². The van der Waals surface area contributed by atoms with Gasteiger partial charge in [-0.3, -0.25) is 0 Å². The van der Waals surface area contributed by atoms with Crippen molar-refractivity contribution in [3.63, 3.8) is 0 Å². The Morgan fingerprint density at radius 3 is 2.60 bits per heavy atom. The Morgan fingerprint density at radius 1 is 1.30 bits per heavy atom. The third kappa shape index (κ3) is 2.42. The van der Waals surface area contributed by atoms with Gasteiger partial charge in [0.1, 0.15) is 6.04 Å². The first-order valence-corrected chi connectivity index (χ1v) is 5.94. The van der Waals surface area contributed by atoms with Crippen LogP contribution in [0.25, 0.3) is 11.3 Å². The van der Waals surface area contributed by atoms with Crippen molar-refractivity contribution in [3.05, 3.63) is 24.4 Å². The van der Waals surface area contributed by atoms with Gasteiger partial charge in [0.25, 0.3) is 0 Å². The van der Waals surface area contributed by atoms with Gasteiger partial charge >= 0.3 is 5.97 Å². The van der Waals surface area contributed by atoms with Crippen LogP contribution in [-0.2, 0) is 4.79 Å². The number of hydrogen-bond donors (Lipinski definition) is 1. The van der Waals surface area contributed by atoms with Crippen molar-refractivity contribution in [2.75, 3.05) is 14.2 Å². The van der Waals surface area contributed by atoms with Crippen LogP contribution < -0.4 is 9.47 Å². The van der Waals surface area contributed by atoms with Gasteiger partial charge in [0.15, 0.2) is 11.5 Å². The zero-order valence-corrected chi connectivity index (χ0v) is 11.4. The van der Waals surface area contributed by atoms with Crippen LogP contribution >= 0.6 is 0 Å². The summed E-state index contributed by atoms with van der Waals surface area (Å²) in [5, 5.41) is 16.7. The molecule has 0 bridgehead atoms. The van der Waals surface area contributed by atoms with Crippen LogP contribution in [0.4, 0.5) is 0 Å². The standard InChI is InChI=1S/C13H15N3O4/c1-8(13(17)18)16-10(7-14-15-16)9-4-5-11(19-2)12(6-9)20-3/h4-8H,1-3H3,(H,17,18). The number of aromatic nitrogens is 3. The zero-order valence-electron chi connectivity index (χ0n) is 11.4. The number of nitrogens with zero attached hydrogens (tertiary/aromatic N) is 3. The first kappa shape index (κ1) is 13.9. The van der Waals surface area contributed by atoms with E-state index in [9.17, 15) is 4.79 Å². The predicted octanol–water partition coefficient (Wildman–Crippen LogP) is 1.61. The number of carbonyl (C=O) groups is 1. The largest absolute Gasteiger partial charge is 0.493 e. The van der Waals surface area contributed by atoms with Crippen LogP contribution in [0.5, 0.6) is 11.5 Å². The maximum atomic E-state index is 11.1. The second-order valence-corrected chi connectivity index (χ2v) is 4.15. The number of hydrogen-bond acceptors (Lipinski definition) is 5. The minimum atomic E-state index is -0.975. The topological polar surface area (TPSA) is 86.5 Å². The highest BCUT2D eigenvalue weighted by Gasteiger charge is 2.19.